The number of fused-ring (bicyclic) bond motifs is 1. The zero-order valence-electron chi connectivity index (χ0n) is 12.1. The van der Waals surface area contributed by atoms with Gasteiger partial charge in [0.2, 0.25) is 0 Å². The predicted octanol–water partition coefficient (Wildman–Crippen LogP) is 5.76. The average Bonchev–Trinajstić information content (AvgIpc) is 2.86. The molecule has 2 heteroatoms. The molecular weight excluding hydrogens is 266 g/mol. The Kier molecular flexibility index (Phi) is 3.87. The van der Waals surface area contributed by atoms with Gasteiger partial charge in [0.1, 0.15) is 11.6 Å². The quantitative estimate of drug-likeness (QED) is 0.669. The molecule has 0 aromatic heterocycles. The lowest BCUT2D eigenvalue weighted by atomic mass is 9.97. The van der Waals surface area contributed by atoms with Gasteiger partial charge in [-0.25, -0.2) is 8.78 Å². The first kappa shape index (κ1) is 14.0. The number of rotatable bonds is 4. The maximum atomic E-state index is 13.5. The molecular formula is C19H18F2. The second-order valence-electron chi connectivity index (χ2n) is 5.62. The molecule has 0 radical (unpaired) electrons. The second kappa shape index (κ2) is 5.80. The van der Waals surface area contributed by atoms with Crippen molar-refractivity contribution in [2.75, 3.05) is 0 Å². The third-order valence-corrected chi connectivity index (χ3v) is 3.99. The molecule has 2 aromatic rings. The van der Waals surface area contributed by atoms with E-state index in [1.54, 1.807) is 0 Å². The zero-order valence-corrected chi connectivity index (χ0v) is 12.1. The third-order valence-electron chi connectivity index (χ3n) is 3.99. The van der Waals surface area contributed by atoms with Crippen LogP contribution in [-0.2, 0) is 6.42 Å². The summed E-state index contributed by atoms with van der Waals surface area (Å²) in [7, 11) is 0. The lowest BCUT2D eigenvalue weighted by Gasteiger charge is -2.08. The van der Waals surface area contributed by atoms with Crippen molar-refractivity contribution in [1.82, 2.24) is 0 Å². The van der Waals surface area contributed by atoms with E-state index in [2.05, 4.69) is 19.1 Å². The Morgan fingerprint density at radius 3 is 2.52 bits per heavy atom. The topological polar surface area (TPSA) is 0 Å². The Labute approximate surface area is 124 Å². The lowest BCUT2D eigenvalue weighted by molar-refractivity contribution is 0.584. The standard InChI is InChI=1S/C19H18F2/c1-2-3-5-13-8-14-6-4-7-18(19(14)9-13)15-10-16(20)12-17(21)11-15/h4,6-7,9-12H,2-3,5,8H2,1H3. The van der Waals surface area contributed by atoms with Gasteiger partial charge in [-0.15, -0.1) is 0 Å². The lowest BCUT2D eigenvalue weighted by Crippen LogP contribution is -1.89. The molecule has 0 N–H and O–H groups in total. The van der Waals surface area contributed by atoms with Crippen molar-refractivity contribution in [1.29, 1.82) is 0 Å². The highest BCUT2D eigenvalue weighted by molar-refractivity contribution is 5.80. The molecule has 0 bridgehead atoms. The smallest absolute Gasteiger partial charge is 0.126 e. The maximum absolute atomic E-state index is 13.5. The summed E-state index contributed by atoms with van der Waals surface area (Å²) in [5.74, 6) is -1.06. The van der Waals surface area contributed by atoms with Crippen molar-refractivity contribution >= 4 is 6.08 Å². The zero-order chi connectivity index (χ0) is 14.8. The average molecular weight is 284 g/mol. The van der Waals surface area contributed by atoms with Crippen molar-refractivity contribution in [3.8, 4) is 11.1 Å². The van der Waals surface area contributed by atoms with E-state index in [1.165, 1.54) is 36.1 Å². The minimum Gasteiger partial charge on any atom is -0.207 e. The summed E-state index contributed by atoms with van der Waals surface area (Å²) in [6.07, 6.45) is 6.62. The molecule has 0 aliphatic heterocycles. The molecule has 0 nitrogen and oxygen atoms in total. The Hall–Kier alpha value is -1.96. The first-order chi connectivity index (χ1) is 10.2. The molecule has 0 fully saturated rings. The monoisotopic (exact) mass is 284 g/mol. The van der Waals surface area contributed by atoms with E-state index in [0.717, 1.165) is 30.0 Å². The minimum absolute atomic E-state index is 0.532. The van der Waals surface area contributed by atoms with E-state index in [0.29, 0.717) is 5.56 Å². The second-order valence-corrected chi connectivity index (χ2v) is 5.62. The van der Waals surface area contributed by atoms with Crippen LogP contribution in [0.15, 0.2) is 42.0 Å². The Balaban J connectivity index is 2.02. The molecule has 0 unspecified atom stereocenters. The maximum Gasteiger partial charge on any atom is 0.126 e. The normalized spacial score (nSPS) is 13.2. The summed E-state index contributed by atoms with van der Waals surface area (Å²) in [6, 6.07) is 9.71. The molecule has 2 aromatic carbocycles. The van der Waals surface area contributed by atoms with E-state index in [-0.39, 0.29) is 0 Å². The summed E-state index contributed by atoms with van der Waals surface area (Å²) in [4.78, 5) is 0. The molecule has 0 saturated carbocycles. The van der Waals surface area contributed by atoms with Gasteiger partial charge in [-0.3, -0.25) is 0 Å². The Bertz CT molecular complexity index is 678. The fourth-order valence-corrected chi connectivity index (χ4v) is 2.96. The van der Waals surface area contributed by atoms with Crippen molar-refractivity contribution in [3.63, 3.8) is 0 Å². The van der Waals surface area contributed by atoms with E-state index < -0.39 is 11.6 Å². The predicted molar refractivity (Wildman–Crippen MR) is 83.0 cm³/mol. The number of hydrogen-bond acceptors (Lipinski definition) is 0. The summed E-state index contributed by atoms with van der Waals surface area (Å²) < 4.78 is 26.9. The van der Waals surface area contributed by atoms with Crippen molar-refractivity contribution in [3.05, 3.63) is 64.7 Å². The molecule has 1 aliphatic carbocycles. The van der Waals surface area contributed by atoms with Gasteiger partial charge in [0, 0.05) is 6.07 Å². The van der Waals surface area contributed by atoms with Crippen LogP contribution < -0.4 is 0 Å². The van der Waals surface area contributed by atoms with E-state index in [1.807, 2.05) is 12.1 Å². The molecule has 0 spiro atoms. The molecule has 108 valence electrons. The van der Waals surface area contributed by atoms with Crippen molar-refractivity contribution in [2.24, 2.45) is 0 Å². The van der Waals surface area contributed by atoms with Crippen LogP contribution in [0.4, 0.5) is 8.78 Å². The fourth-order valence-electron chi connectivity index (χ4n) is 2.96. The summed E-state index contributed by atoms with van der Waals surface area (Å²) in [5.41, 5.74) is 5.31. The highest BCUT2D eigenvalue weighted by atomic mass is 19.1. The fraction of sp³-hybridized carbons (Fsp3) is 0.263. The minimum atomic E-state index is -0.532. The Morgan fingerprint density at radius 1 is 1.05 bits per heavy atom. The Morgan fingerprint density at radius 2 is 1.81 bits per heavy atom. The van der Waals surface area contributed by atoms with Crippen LogP contribution in [-0.4, -0.2) is 0 Å². The van der Waals surface area contributed by atoms with Crippen LogP contribution in [0.1, 0.15) is 37.3 Å². The van der Waals surface area contributed by atoms with E-state index in [9.17, 15) is 8.78 Å². The van der Waals surface area contributed by atoms with Crippen molar-refractivity contribution < 1.29 is 8.78 Å². The number of unbranched alkanes of at least 4 members (excludes halogenated alkanes) is 1. The third kappa shape index (κ3) is 2.90. The summed E-state index contributed by atoms with van der Waals surface area (Å²) in [6.45, 7) is 2.18. The molecule has 0 saturated heterocycles. The highest BCUT2D eigenvalue weighted by Crippen LogP contribution is 2.35. The molecule has 0 atom stereocenters. The van der Waals surface area contributed by atoms with Gasteiger partial charge < -0.3 is 0 Å². The molecule has 1 aliphatic rings. The van der Waals surface area contributed by atoms with Crippen LogP contribution in [0, 0.1) is 11.6 Å². The first-order valence-electron chi connectivity index (χ1n) is 7.45. The van der Waals surface area contributed by atoms with E-state index >= 15 is 0 Å². The number of allylic oxidation sites excluding steroid dienone is 1. The number of halogens is 2. The van der Waals surface area contributed by atoms with Gasteiger partial charge in [-0.2, -0.15) is 0 Å². The largest absolute Gasteiger partial charge is 0.207 e. The van der Waals surface area contributed by atoms with Gasteiger partial charge in [0.25, 0.3) is 0 Å². The van der Waals surface area contributed by atoms with E-state index in [4.69, 9.17) is 0 Å². The van der Waals surface area contributed by atoms with Gasteiger partial charge in [0.15, 0.2) is 0 Å². The van der Waals surface area contributed by atoms with Gasteiger partial charge in [-0.05, 0) is 53.6 Å². The van der Waals surface area contributed by atoms with Crippen LogP contribution >= 0.6 is 0 Å². The SMILES string of the molecule is CCCCC1=Cc2c(cccc2-c2cc(F)cc(F)c2)C1. The van der Waals surface area contributed by atoms with Crippen LogP contribution in [0.25, 0.3) is 17.2 Å². The van der Waals surface area contributed by atoms with Gasteiger partial charge in [0.05, 0.1) is 0 Å². The first-order valence-corrected chi connectivity index (χ1v) is 7.45. The van der Waals surface area contributed by atoms with Crippen LogP contribution in [0.3, 0.4) is 0 Å². The molecule has 0 amide bonds. The summed E-state index contributed by atoms with van der Waals surface area (Å²) in [5, 5.41) is 0. The van der Waals surface area contributed by atoms with Crippen LogP contribution in [0.2, 0.25) is 0 Å². The van der Waals surface area contributed by atoms with Crippen molar-refractivity contribution in [2.45, 2.75) is 32.6 Å². The molecule has 21 heavy (non-hydrogen) atoms. The van der Waals surface area contributed by atoms with Gasteiger partial charge in [-0.1, -0.05) is 43.2 Å². The van der Waals surface area contributed by atoms with Crippen LogP contribution in [0.5, 0.6) is 0 Å². The molecule has 3 rings (SSSR count). The molecule has 0 heterocycles. The summed E-state index contributed by atoms with van der Waals surface area (Å²) >= 11 is 0. The number of hydrogen-bond donors (Lipinski definition) is 0. The number of benzene rings is 2. The van der Waals surface area contributed by atoms with Gasteiger partial charge >= 0.3 is 0 Å². The highest BCUT2D eigenvalue weighted by Gasteiger charge is 2.16.